The van der Waals surface area contributed by atoms with Gasteiger partial charge in [0, 0.05) is 18.7 Å². The highest BCUT2D eigenvalue weighted by Crippen LogP contribution is 2.38. The molecule has 9 nitrogen and oxygen atoms in total. The van der Waals surface area contributed by atoms with Crippen molar-refractivity contribution in [2.45, 2.75) is 91.1 Å². The standard InChI is InChI=1S/C27H41N3O6/c1-25(2,3)36-24(33)30-20(17-35-27(30,6)7)14-26(4,5)15-22(31)29-16-19(28-23(32)34-8)13-18-11-9-10-12-21(18)29/h9-12,19-20H,13-17H2,1-8H3,(H,28,32)/t19-,20?/m0/s1. The van der Waals surface area contributed by atoms with Crippen LogP contribution in [0.4, 0.5) is 15.3 Å². The Morgan fingerprint density at radius 1 is 1.14 bits per heavy atom. The smallest absolute Gasteiger partial charge is 0.412 e. The third-order valence-corrected chi connectivity index (χ3v) is 6.54. The van der Waals surface area contributed by atoms with Crippen LogP contribution in [0.3, 0.4) is 0 Å². The first kappa shape index (κ1) is 27.8. The molecule has 0 saturated carbocycles. The SMILES string of the molecule is COC(=O)N[C@H]1Cc2ccccc2N(C(=O)CC(C)(C)CC2COC(C)(C)N2C(=O)OC(C)(C)C)C1. The molecule has 0 aliphatic carbocycles. The molecule has 1 N–H and O–H groups in total. The minimum Gasteiger partial charge on any atom is -0.453 e. The van der Waals surface area contributed by atoms with Crippen LogP contribution in [-0.4, -0.2) is 66.7 Å². The minimum atomic E-state index is -0.800. The third-order valence-electron chi connectivity index (χ3n) is 6.54. The zero-order valence-corrected chi connectivity index (χ0v) is 22.8. The Morgan fingerprint density at radius 2 is 1.81 bits per heavy atom. The van der Waals surface area contributed by atoms with Gasteiger partial charge in [0.25, 0.3) is 0 Å². The zero-order valence-electron chi connectivity index (χ0n) is 22.8. The van der Waals surface area contributed by atoms with Crippen molar-refractivity contribution in [3.63, 3.8) is 0 Å². The predicted octanol–water partition coefficient (Wildman–Crippen LogP) is 4.48. The Kier molecular flexibility index (Phi) is 7.93. The Morgan fingerprint density at radius 3 is 2.44 bits per heavy atom. The summed E-state index contributed by atoms with van der Waals surface area (Å²) in [4.78, 5) is 41.9. The van der Waals surface area contributed by atoms with E-state index < -0.39 is 28.9 Å². The summed E-state index contributed by atoms with van der Waals surface area (Å²) in [7, 11) is 1.33. The molecule has 0 aromatic heterocycles. The number of hydrogen-bond donors (Lipinski definition) is 1. The van der Waals surface area contributed by atoms with Crippen LogP contribution in [-0.2, 0) is 25.4 Å². The van der Waals surface area contributed by atoms with Gasteiger partial charge in [-0.3, -0.25) is 9.69 Å². The van der Waals surface area contributed by atoms with Gasteiger partial charge in [0.2, 0.25) is 5.91 Å². The fraction of sp³-hybridized carbons (Fsp3) is 0.667. The number of carbonyl (C=O) groups is 3. The molecule has 2 heterocycles. The van der Waals surface area contributed by atoms with Crippen molar-refractivity contribution in [2.75, 3.05) is 25.2 Å². The molecule has 3 amide bonds. The van der Waals surface area contributed by atoms with E-state index in [4.69, 9.17) is 14.2 Å². The number of amides is 3. The Bertz CT molecular complexity index is 984. The van der Waals surface area contributed by atoms with Gasteiger partial charge >= 0.3 is 12.2 Å². The van der Waals surface area contributed by atoms with Gasteiger partial charge < -0.3 is 24.4 Å². The second-order valence-electron chi connectivity index (χ2n) is 12.0. The summed E-state index contributed by atoms with van der Waals surface area (Å²) in [5.41, 5.74) is 0.0115. The Hall–Kier alpha value is -2.81. The lowest BCUT2D eigenvalue weighted by Gasteiger charge is -2.39. The van der Waals surface area contributed by atoms with Crippen LogP contribution in [0, 0.1) is 5.41 Å². The van der Waals surface area contributed by atoms with Gasteiger partial charge in [-0.05, 0) is 64.5 Å². The van der Waals surface area contributed by atoms with Gasteiger partial charge in [-0.2, -0.15) is 0 Å². The van der Waals surface area contributed by atoms with Crippen molar-refractivity contribution < 1.29 is 28.6 Å². The molecule has 0 bridgehead atoms. The number of anilines is 1. The summed E-state index contributed by atoms with van der Waals surface area (Å²) in [5.74, 6) is -0.0363. The summed E-state index contributed by atoms with van der Waals surface area (Å²) >= 11 is 0. The Balaban J connectivity index is 1.75. The maximum absolute atomic E-state index is 13.6. The first-order valence-electron chi connectivity index (χ1n) is 12.5. The van der Waals surface area contributed by atoms with Gasteiger partial charge in [-0.15, -0.1) is 0 Å². The summed E-state index contributed by atoms with van der Waals surface area (Å²) in [5, 5.41) is 2.83. The van der Waals surface area contributed by atoms with Gasteiger partial charge in [-0.1, -0.05) is 32.0 Å². The molecular formula is C27H41N3O6. The molecule has 1 fully saturated rings. The van der Waals surface area contributed by atoms with E-state index in [-0.39, 0.29) is 24.4 Å². The number of nitrogens with zero attached hydrogens (tertiary/aromatic N) is 2. The van der Waals surface area contributed by atoms with Crippen LogP contribution in [0.15, 0.2) is 24.3 Å². The molecule has 1 aromatic rings. The van der Waals surface area contributed by atoms with E-state index in [0.717, 1.165) is 11.3 Å². The Labute approximate surface area is 214 Å². The predicted molar refractivity (Wildman–Crippen MR) is 137 cm³/mol. The highest BCUT2D eigenvalue weighted by atomic mass is 16.6. The number of carbonyl (C=O) groups excluding carboxylic acids is 3. The van der Waals surface area contributed by atoms with Crippen LogP contribution in [0.5, 0.6) is 0 Å². The van der Waals surface area contributed by atoms with Gasteiger partial charge in [-0.25, -0.2) is 9.59 Å². The lowest BCUT2D eigenvalue weighted by molar-refractivity contribution is -0.120. The molecule has 2 atom stereocenters. The van der Waals surface area contributed by atoms with Crippen LogP contribution < -0.4 is 10.2 Å². The van der Waals surface area contributed by atoms with E-state index in [1.807, 2.05) is 72.7 Å². The number of benzene rings is 1. The van der Waals surface area contributed by atoms with Crippen molar-refractivity contribution in [3.8, 4) is 0 Å². The van der Waals surface area contributed by atoms with E-state index in [0.29, 0.717) is 26.0 Å². The highest BCUT2D eigenvalue weighted by molar-refractivity contribution is 5.95. The lowest BCUT2D eigenvalue weighted by atomic mass is 9.81. The lowest BCUT2D eigenvalue weighted by Crippen LogP contribution is -2.52. The number of alkyl carbamates (subject to hydrolysis) is 1. The van der Waals surface area contributed by atoms with Crippen LogP contribution in [0.1, 0.15) is 66.9 Å². The molecule has 0 radical (unpaired) electrons. The van der Waals surface area contributed by atoms with E-state index >= 15 is 0 Å². The average Bonchev–Trinajstić information content (AvgIpc) is 3.04. The van der Waals surface area contributed by atoms with Crippen LogP contribution >= 0.6 is 0 Å². The van der Waals surface area contributed by atoms with Crippen molar-refractivity contribution in [2.24, 2.45) is 5.41 Å². The van der Waals surface area contributed by atoms with Crippen molar-refractivity contribution >= 4 is 23.8 Å². The molecule has 200 valence electrons. The first-order chi connectivity index (χ1) is 16.6. The minimum absolute atomic E-state index is 0.0363. The molecule has 1 aromatic carbocycles. The maximum Gasteiger partial charge on any atom is 0.412 e. The molecule has 36 heavy (non-hydrogen) atoms. The number of methoxy groups -OCH3 is 1. The number of para-hydroxylation sites is 1. The molecule has 1 saturated heterocycles. The molecule has 2 aliphatic rings. The van der Waals surface area contributed by atoms with Crippen molar-refractivity contribution in [1.29, 1.82) is 0 Å². The van der Waals surface area contributed by atoms with E-state index in [1.165, 1.54) is 7.11 Å². The molecule has 1 unspecified atom stereocenters. The molecule has 0 spiro atoms. The van der Waals surface area contributed by atoms with Crippen molar-refractivity contribution in [3.05, 3.63) is 29.8 Å². The van der Waals surface area contributed by atoms with E-state index in [1.54, 1.807) is 9.80 Å². The first-order valence-corrected chi connectivity index (χ1v) is 12.5. The van der Waals surface area contributed by atoms with Gasteiger partial charge in [0.1, 0.15) is 11.3 Å². The third kappa shape index (κ3) is 6.69. The van der Waals surface area contributed by atoms with Crippen molar-refractivity contribution in [1.82, 2.24) is 10.2 Å². The molecular weight excluding hydrogens is 462 g/mol. The largest absolute Gasteiger partial charge is 0.453 e. The van der Waals surface area contributed by atoms with E-state index in [2.05, 4.69) is 5.32 Å². The summed E-state index contributed by atoms with van der Waals surface area (Å²) in [6.45, 7) is 14.0. The fourth-order valence-electron chi connectivity index (χ4n) is 5.08. The zero-order chi connectivity index (χ0) is 26.9. The second kappa shape index (κ2) is 10.3. The maximum atomic E-state index is 13.6. The molecule has 2 aliphatic heterocycles. The normalized spacial score (nSPS) is 21.6. The molecule has 3 rings (SSSR count). The summed E-state index contributed by atoms with van der Waals surface area (Å²) in [6, 6.07) is 7.29. The summed E-state index contributed by atoms with van der Waals surface area (Å²) in [6.07, 6.45) is 0.529. The van der Waals surface area contributed by atoms with Crippen LogP contribution in [0.2, 0.25) is 0 Å². The van der Waals surface area contributed by atoms with E-state index in [9.17, 15) is 14.4 Å². The topological polar surface area (TPSA) is 97.4 Å². The molecule has 9 heteroatoms. The average molecular weight is 504 g/mol. The second-order valence-corrected chi connectivity index (χ2v) is 12.0. The van der Waals surface area contributed by atoms with Gasteiger partial charge in [0.05, 0.1) is 25.8 Å². The number of rotatable bonds is 5. The van der Waals surface area contributed by atoms with Gasteiger partial charge in [0.15, 0.2) is 0 Å². The van der Waals surface area contributed by atoms with Crippen LogP contribution in [0.25, 0.3) is 0 Å². The fourth-order valence-corrected chi connectivity index (χ4v) is 5.08. The monoisotopic (exact) mass is 503 g/mol. The number of hydrogen-bond acceptors (Lipinski definition) is 6. The number of fused-ring (bicyclic) bond motifs is 1. The summed E-state index contributed by atoms with van der Waals surface area (Å²) < 4.78 is 16.4. The highest BCUT2D eigenvalue weighted by Gasteiger charge is 2.47. The number of nitrogens with one attached hydrogen (secondary N) is 1. The quantitative estimate of drug-likeness (QED) is 0.636. The number of ether oxygens (including phenoxy) is 3.